The minimum atomic E-state index is -0.112. The first-order valence-corrected chi connectivity index (χ1v) is 6.79. The molecular formula is C15H21N5O. The monoisotopic (exact) mass is 287 g/mol. The maximum Gasteiger partial charge on any atom is 0.272 e. The molecule has 0 spiro atoms. The van der Waals surface area contributed by atoms with Gasteiger partial charge in [0.1, 0.15) is 11.5 Å². The molecule has 0 saturated heterocycles. The van der Waals surface area contributed by atoms with Crippen LogP contribution in [0.1, 0.15) is 10.5 Å². The molecule has 0 atom stereocenters. The van der Waals surface area contributed by atoms with Crippen LogP contribution in [0.5, 0.6) is 0 Å². The average Bonchev–Trinajstić information content (AvgIpc) is 2.50. The molecule has 6 nitrogen and oxygen atoms in total. The number of aromatic nitrogens is 1. The van der Waals surface area contributed by atoms with Gasteiger partial charge < -0.3 is 15.2 Å². The Balaban J connectivity index is 2.31. The number of amides is 1. The zero-order valence-electron chi connectivity index (χ0n) is 12.6. The Bertz CT molecular complexity index is 641. The zero-order valence-corrected chi connectivity index (χ0v) is 12.6. The van der Waals surface area contributed by atoms with E-state index in [0.717, 1.165) is 17.3 Å². The molecular weight excluding hydrogens is 266 g/mol. The van der Waals surface area contributed by atoms with Gasteiger partial charge in [0.25, 0.3) is 5.91 Å². The van der Waals surface area contributed by atoms with Crippen LogP contribution in [0.3, 0.4) is 0 Å². The molecule has 0 bridgehead atoms. The Hall–Kier alpha value is -2.18. The SMILES string of the molecule is CN(C)CCN(C)C(=O)c1cc2ccccc2c(NN)n1. The molecule has 1 aromatic heterocycles. The molecule has 21 heavy (non-hydrogen) atoms. The molecule has 0 saturated carbocycles. The lowest BCUT2D eigenvalue weighted by molar-refractivity contribution is 0.0781. The second-order valence-corrected chi connectivity index (χ2v) is 5.25. The Morgan fingerprint density at radius 2 is 1.95 bits per heavy atom. The van der Waals surface area contributed by atoms with Crippen LogP contribution in [-0.4, -0.2) is 54.9 Å². The van der Waals surface area contributed by atoms with Crippen molar-refractivity contribution in [1.29, 1.82) is 0 Å². The van der Waals surface area contributed by atoms with Gasteiger partial charge in [-0.2, -0.15) is 0 Å². The number of hydrazine groups is 1. The lowest BCUT2D eigenvalue weighted by Gasteiger charge is -2.19. The number of likely N-dealkylation sites (N-methyl/N-ethyl adjacent to an activating group) is 2. The standard InChI is InChI=1S/C15H21N5O/c1-19(2)8-9-20(3)15(21)13-10-11-6-4-5-7-12(11)14(17-13)18-16/h4-7,10H,8-9,16H2,1-3H3,(H,17,18). The number of rotatable bonds is 5. The van der Waals surface area contributed by atoms with Crippen LogP contribution in [0.15, 0.2) is 30.3 Å². The molecule has 0 unspecified atom stereocenters. The normalized spacial score (nSPS) is 10.9. The molecule has 2 rings (SSSR count). The van der Waals surface area contributed by atoms with E-state index in [-0.39, 0.29) is 5.91 Å². The van der Waals surface area contributed by atoms with E-state index in [9.17, 15) is 4.79 Å². The van der Waals surface area contributed by atoms with Crippen LogP contribution in [0.4, 0.5) is 5.82 Å². The second-order valence-electron chi connectivity index (χ2n) is 5.25. The Kier molecular flexibility index (Phi) is 4.72. The number of carbonyl (C=O) groups excluding carboxylic acids is 1. The van der Waals surface area contributed by atoms with Crippen molar-refractivity contribution in [3.63, 3.8) is 0 Å². The summed E-state index contributed by atoms with van der Waals surface area (Å²) in [6, 6.07) is 9.49. The number of nitrogens with zero attached hydrogens (tertiary/aromatic N) is 3. The van der Waals surface area contributed by atoms with Gasteiger partial charge in [-0.1, -0.05) is 24.3 Å². The molecule has 0 aliphatic rings. The first-order chi connectivity index (χ1) is 10.0. The highest BCUT2D eigenvalue weighted by molar-refractivity contribution is 6.00. The fourth-order valence-electron chi connectivity index (χ4n) is 2.07. The van der Waals surface area contributed by atoms with Gasteiger partial charge in [-0.15, -0.1) is 0 Å². The number of fused-ring (bicyclic) bond motifs is 1. The number of hydrogen-bond donors (Lipinski definition) is 2. The summed E-state index contributed by atoms with van der Waals surface area (Å²) < 4.78 is 0. The maximum atomic E-state index is 12.4. The quantitative estimate of drug-likeness (QED) is 0.637. The predicted octanol–water partition coefficient (Wildman–Crippen LogP) is 1.15. The first kappa shape index (κ1) is 15.2. The first-order valence-electron chi connectivity index (χ1n) is 6.79. The van der Waals surface area contributed by atoms with Gasteiger partial charge in [0.15, 0.2) is 0 Å². The van der Waals surface area contributed by atoms with Crippen LogP contribution in [-0.2, 0) is 0 Å². The molecule has 0 fully saturated rings. The highest BCUT2D eigenvalue weighted by Gasteiger charge is 2.15. The average molecular weight is 287 g/mol. The molecule has 1 amide bonds. The van der Waals surface area contributed by atoms with Crippen molar-refractivity contribution in [2.75, 3.05) is 39.7 Å². The minimum Gasteiger partial charge on any atom is -0.339 e. The fourth-order valence-corrected chi connectivity index (χ4v) is 2.07. The van der Waals surface area contributed by atoms with Crippen molar-refractivity contribution < 1.29 is 4.79 Å². The number of nitrogen functional groups attached to an aromatic ring is 1. The van der Waals surface area contributed by atoms with Crippen molar-refractivity contribution in [2.24, 2.45) is 5.84 Å². The van der Waals surface area contributed by atoms with Gasteiger partial charge >= 0.3 is 0 Å². The molecule has 2 aromatic rings. The number of hydrogen-bond acceptors (Lipinski definition) is 5. The van der Waals surface area contributed by atoms with E-state index in [0.29, 0.717) is 18.1 Å². The van der Waals surface area contributed by atoms with Crippen LogP contribution < -0.4 is 11.3 Å². The van der Waals surface area contributed by atoms with E-state index >= 15 is 0 Å². The van der Waals surface area contributed by atoms with Crippen molar-refractivity contribution in [1.82, 2.24) is 14.8 Å². The van der Waals surface area contributed by atoms with Gasteiger partial charge in [-0.3, -0.25) is 4.79 Å². The molecule has 112 valence electrons. The second kappa shape index (κ2) is 6.51. The van der Waals surface area contributed by atoms with Crippen molar-refractivity contribution >= 4 is 22.5 Å². The highest BCUT2D eigenvalue weighted by atomic mass is 16.2. The van der Waals surface area contributed by atoms with E-state index in [1.54, 1.807) is 18.0 Å². The summed E-state index contributed by atoms with van der Waals surface area (Å²) in [6.45, 7) is 1.45. The van der Waals surface area contributed by atoms with Crippen LogP contribution in [0.2, 0.25) is 0 Å². The van der Waals surface area contributed by atoms with Crippen molar-refractivity contribution in [3.8, 4) is 0 Å². The Labute approximate surface area is 124 Å². The summed E-state index contributed by atoms with van der Waals surface area (Å²) in [4.78, 5) is 20.5. The third-order valence-corrected chi connectivity index (χ3v) is 3.33. The van der Waals surface area contributed by atoms with Crippen LogP contribution in [0, 0.1) is 0 Å². The van der Waals surface area contributed by atoms with Crippen LogP contribution in [0.25, 0.3) is 10.8 Å². The molecule has 0 aliphatic heterocycles. The third kappa shape index (κ3) is 3.48. The zero-order chi connectivity index (χ0) is 15.4. The fraction of sp³-hybridized carbons (Fsp3) is 0.333. The molecule has 1 aromatic carbocycles. The lowest BCUT2D eigenvalue weighted by atomic mass is 10.1. The van der Waals surface area contributed by atoms with E-state index in [1.807, 2.05) is 43.3 Å². The maximum absolute atomic E-state index is 12.4. The molecule has 0 aliphatic carbocycles. The number of nitrogens with one attached hydrogen (secondary N) is 1. The number of nitrogens with two attached hydrogens (primary N) is 1. The molecule has 0 radical (unpaired) electrons. The summed E-state index contributed by atoms with van der Waals surface area (Å²) >= 11 is 0. The topological polar surface area (TPSA) is 74.5 Å². The van der Waals surface area contributed by atoms with Gasteiger partial charge in [-0.05, 0) is 25.5 Å². The largest absolute Gasteiger partial charge is 0.339 e. The lowest BCUT2D eigenvalue weighted by Crippen LogP contribution is -2.34. The molecule has 3 N–H and O–H groups in total. The summed E-state index contributed by atoms with van der Waals surface area (Å²) in [6.07, 6.45) is 0. The van der Waals surface area contributed by atoms with Gasteiger partial charge in [0.2, 0.25) is 0 Å². The van der Waals surface area contributed by atoms with E-state index in [1.165, 1.54) is 0 Å². The van der Waals surface area contributed by atoms with E-state index in [4.69, 9.17) is 5.84 Å². The Morgan fingerprint density at radius 3 is 2.62 bits per heavy atom. The van der Waals surface area contributed by atoms with Crippen LogP contribution >= 0.6 is 0 Å². The molecule has 6 heteroatoms. The van der Waals surface area contributed by atoms with E-state index in [2.05, 4.69) is 10.4 Å². The smallest absolute Gasteiger partial charge is 0.272 e. The number of anilines is 1. The molecule has 1 heterocycles. The summed E-state index contributed by atoms with van der Waals surface area (Å²) in [5, 5.41) is 1.83. The number of benzene rings is 1. The Morgan fingerprint density at radius 1 is 1.24 bits per heavy atom. The number of carbonyl (C=O) groups is 1. The van der Waals surface area contributed by atoms with Crippen molar-refractivity contribution in [2.45, 2.75) is 0 Å². The van der Waals surface area contributed by atoms with Gasteiger partial charge in [0, 0.05) is 25.5 Å². The van der Waals surface area contributed by atoms with Gasteiger partial charge in [-0.25, -0.2) is 10.8 Å². The third-order valence-electron chi connectivity index (χ3n) is 3.33. The summed E-state index contributed by atoms with van der Waals surface area (Å²) in [5.74, 6) is 5.91. The predicted molar refractivity (Wildman–Crippen MR) is 85.1 cm³/mol. The highest BCUT2D eigenvalue weighted by Crippen LogP contribution is 2.22. The summed E-state index contributed by atoms with van der Waals surface area (Å²) in [7, 11) is 5.73. The van der Waals surface area contributed by atoms with Gasteiger partial charge in [0.05, 0.1) is 0 Å². The summed E-state index contributed by atoms with van der Waals surface area (Å²) in [5.41, 5.74) is 2.96. The van der Waals surface area contributed by atoms with E-state index < -0.39 is 0 Å². The van der Waals surface area contributed by atoms with Crippen molar-refractivity contribution in [3.05, 3.63) is 36.0 Å². The number of pyridine rings is 1. The minimum absolute atomic E-state index is 0.112.